The lowest BCUT2D eigenvalue weighted by Crippen LogP contribution is -2.52. The van der Waals surface area contributed by atoms with Crippen molar-refractivity contribution >= 4 is 35.2 Å². The van der Waals surface area contributed by atoms with E-state index in [0.717, 1.165) is 24.0 Å². The molecule has 0 aromatic heterocycles. The molecule has 0 saturated heterocycles. The third-order valence-corrected chi connectivity index (χ3v) is 6.65. The molecular weight excluding hydrogens is 428 g/mol. The molecule has 0 saturated carbocycles. The quantitative estimate of drug-likeness (QED) is 0.465. The van der Waals surface area contributed by atoms with Crippen LogP contribution < -0.4 is 5.32 Å². The van der Waals surface area contributed by atoms with Crippen LogP contribution in [-0.4, -0.2) is 41.1 Å². The Hall–Kier alpha value is -1.98. The van der Waals surface area contributed by atoms with Crippen LogP contribution in [0.1, 0.15) is 44.7 Å². The Labute approximate surface area is 195 Å². The van der Waals surface area contributed by atoms with Gasteiger partial charge < -0.3 is 10.2 Å². The first-order valence-corrected chi connectivity index (χ1v) is 12.4. The van der Waals surface area contributed by atoms with Crippen molar-refractivity contribution in [1.82, 2.24) is 10.2 Å². The average molecular weight is 461 g/mol. The molecule has 2 aromatic carbocycles. The number of halogens is 1. The van der Waals surface area contributed by atoms with Crippen molar-refractivity contribution in [3.05, 3.63) is 70.7 Å². The minimum absolute atomic E-state index is 0.0147. The summed E-state index contributed by atoms with van der Waals surface area (Å²) in [5.41, 5.74) is 2.17. The summed E-state index contributed by atoms with van der Waals surface area (Å²) in [6.07, 6.45) is 2.15. The van der Waals surface area contributed by atoms with Gasteiger partial charge in [0.15, 0.2) is 0 Å². The Bertz CT molecular complexity index is 831. The van der Waals surface area contributed by atoms with E-state index in [1.165, 1.54) is 11.8 Å². The van der Waals surface area contributed by atoms with Gasteiger partial charge in [-0.25, -0.2) is 0 Å². The normalized spacial score (nSPS) is 12.8. The highest BCUT2D eigenvalue weighted by molar-refractivity contribution is 7.99. The van der Waals surface area contributed by atoms with E-state index in [0.29, 0.717) is 29.5 Å². The summed E-state index contributed by atoms with van der Waals surface area (Å²) in [5.74, 6) is 0.884. The molecule has 0 heterocycles. The second kappa shape index (κ2) is 13.4. The zero-order valence-corrected chi connectivity index (χ0v) is 20.2. The number of carbonyl (C=O) groups excluding carboxylic acids is 2. The Morgan fingerprint density at radius 2 is 1.71 bits per heavy atom. The molecule has 0 fully saturated rings. The standard InChI is InChI=1S/C25H33ClN2O2S/c1-4-19(3)27-25(30)23(5-2)28(16-15-20-11-7-6-8-12-20)24(29)18-31-17-21-13-9-10-14-22(21)26/h6-14,19,23H,4-5,15-18H2,1-3H3,(H,27,30). The van der Waals surface area contributed by atoms with Crippen LogP contribution in [0.5, 0.6) is 0 Å². The molecule has 2 atom stereocenters. The van der Waals surface area contributed by atoms with Crippen LogP contribution in [0.25, 0.3) is 0 Å². The monoisotopic (exact) mass is 460 g/mol. The third-order valence-electron chi connectivity index (χ3n) is 5.31. The molecule has 2 aromatic rings. The molecular formula is C25H33ClN2O2S. The molecule has 2 amide bonds. The van der Waals surface area contributed by atoms with Crippen molar-refractivity contribution < 1.29 is 9.59 Å². The number of benzene rings is 2. The molecule has 2 unspecified atom stereocenters. The van der Waals surface area contributed by atoms with Gasteiger partial charge in [0.1, 0.15) is 6.04 Å². The molecule has 0 aliphatic heterocycles. The largest absolute Gasteiger partial charge is 0.352 e. The minimum Gasteiger partial charge on any atom is -0.352 e. The first-order valence-electron chi connectivity index (χ1n) is 10.9. The maximum absolute atomic E-state index is 13.2. The molecule has 0 bridgehead atoms. The van der Waals surface area contributed by atoms with Crippen molar-refractivity contribution in [3.8, 4) is 0 Å². The van der Waals surface area contributed by atoms with Crippen LogP contribution >= 0.6 is 23.4 Å². The van der Waals surface area contributed by atoms with Crippen LogP contribution in [0.4, 0.5) is 0 Å². The molecule has 2 rings (SSSR count). The highest BCUT2D eigenvalue weighted by Gasteiger charge is 2.28. The summed E-state index contributed by atoms with van der Waals surface area (Å²) in [6, 6.07) is 17.4. The number of carbonyl (C=O) groups is 2. The molecule has 168 valence electrons. The summed E-state index contributed by atoms with van der Waals surface area (Å²) < 4.78 is 0. The van der Waals surface area contributed by atoms with Crippen molar-refractivity contribution in [1.29, 1.82) is 0 Å². The van der Waals surface area contributed by atoms with Gasteiger partial charge in [0, 0.05) is 23.4 Å². The molecule has 0 aliphatic rings. The maximum Gasteiger partial charge on any atom is 0.243 e. The van der Waals surface area contributed by atoms with E-state index in [9.17, 15) is 9.59 Å². The lowest BCUT2D eigenvalue weighted by molar-refractivity contribution is -0.139. The lowest BCUT2D eigenvalue weighted by Gasteiger charge is -2.31. The van der Waals surface area contributed by atoms with E-state index in [2.05, 4.69) is 17.4 Å². The number of rotatable bonds is 12. The molecule has 4 nitrogen and oxygen atoms in total. The summed E-state index contributed by atoms with van der Waals surface area (Å²) in [7, 11) is 0. The highest BCUT2D eigenvalue weighted by atomic mass is 35.5. The fourth-order valence-corrected chi connectivity index (χ4v) is 4.48. The van der Waals surface area contributed by atoms with Gasteiger partial charge in [-0.2, -0.15) is 0 Å². The summed E-state index contributed by atoms with van der Waals surface area (Å²) in [6.45, 7) is 6.50. The SMILES string of the molecule is CCC(C)NC(=O)C(CC)N(CCc1ccccc1)C(=O)CSCc1ccccc1Cl. The van der Waals surface area contributed by atoms with E-state index in [1.54, 1.807) is 4.90 Å². The summed E-state index contributed by atoms with van der Waals surface area (Å²) in [4.78, 5) is 27.9. The van der Waals surface area contributed by atoms with Crippen LogP contribution in [0.3, 0.4) is 0 Å². The predicted octanol–water partition coefficient (Wildman–Crippen LogP) is 5.34. The molecule has 1 N–H and O–H groups in total. The summed E-state index contributed by atoms with van der Waals surface area (Å²) >= 11 is 7.76. The van der Waals surface area contributed by atoms with Gasteiger partial charge >= 0.3 is 0 Å². The molecule has 31 heavy (non-hydrogen) atoms. The molecule has 0 radical (unpaired) electrons. The summed E-state index contributed by atoms with van der Waals surface area (Å²) in [5, 5.41) is 3.76. The maximum atomic E-state index is 13.2. The average Bonchev–Trinajstić information content (AvgIpc) is 2.78. The third kappa shape index (κ3) is 8.23. The topological polar surface area (TPSA) is 49.4 Å². The Morgan fingerprint density at radius 1 is 1.03 bits per heavy atom. The smallest absolute Gasteiger partial charge is 0.243 e. The minimum atomic E-state index is -0.467. The lowest BCUT2D eigenvalue weighted by atomic mass is 10.1. The zero-order valence-electron chi connectivity index (χ0n) is 18.6. The predicted molar refractivity (Wildman–Crippen MR) is 131 cm³/mol. The fraction of sp³-hybridized carbons (Fsp3) is 0.440. The number of nitrogens with zero attached hydrogens (tertiary/aromatic N) is 1. The first kappa shape index (κ1) is 25.3. The number of hydrogen-bond donors (Lipinski definition) is 1. The van der Waals surface area contributed by atoms with E-state index in [1.807, 2.05) is 63.2 Å². The second-order valence-corrected chi connectivity index (χ2v) is 9.04. The Kier molecular flexibility index (Phi) is 11.0. The fourth-order valence-electron chi connectivity index (χ4n) is 3.28. The van der Waals surface area contributed by atoms with Crippen molar-refractivity contribution in [2.45, 2.75) is 57.9 Å². The van der Waals surface area contributed by atoms with Crippen LogP contribution in [0.2, 0.25) is 5.02 Å². The van der Waals surface area contributed by atoms with Crippen molar-refractivity contribution in [3.63, 3.8) is 0 Å². The van der Waals surface area contributed by atoms with Crippen molar-refractivity contribution in [2.24, 2.45) is 0 Å². The van der Waals surface area contributed by atoms with Crippen LogP contribution in [0.15, 0.2) is 54.6 Å². The van der Waals surface area contributed by atoms with Gasteiger partial charge in [0.2, 0.25) is 11.8 Å². The van der Waals surface area contributed by atoms with Gasteiger partial charge in [-0.3, -0.25) is 9.59 Å². The second-order valence-electron chi connectivity index (χ2n) is 7.65. The number of amides is 2. The van der Waals surface area contributed by atoms with Gasteiger partial charge in [-0.05, 0) is 43.4 Å². The zero-order chi connectivity index (χ0) is 22.6. The van der Waals surface area contributed by atoms with Crippen molar-refractivity contribution in [2.75, 3.05) is 12.3 Å². The van der Waals surface area contributed by atoms with E-state index in [-0.39, 0.29) is 17.9 Å². The van der Waals surface area contributed by atoms with Crippen LogP contribution in [-0.2, 0) is 21.8 Å². The molecule has 0 spiro atoms. The van der Waals surface area contributed by atoms with Gasteiger partial charge in [-0.1, -0.05) is 74.0 Å². The Balaban J connectivity index is 2.07. The van der Waals surface area contributed by atoms with E-state index < -0.39 is 6.04 Å². The Morgan fingerprint density at radius 3 is 2.35 bits per heavy atom. The van der Waals surface area contributed by atoms with Gasteiger partial charge in [0.25, 0.3) is 0 Å². The highest BCUT2D eigenvalue weighted by Crippen LogP contribution is 2.21. The molecule has 6 heteroatoms. The van der Waals surface area contributed by atoms with E-state index in [4.69, 9.17) is 11.6 Å². The van der Waals surface area contributed by atoms with Gasteiger partial charge in [0.05, 0.1) is 5.75 Å². The molecule has 0 aliphatic carbocycles. The first-order chi connectivity index (χ1) is 15.0. The number of hydrogen-bond acceptors (Lipinski definition) is 3. The number of thioether (sulfide) groups is 1. The van der Waals surface area contributed by atoms with E-state index >= 15 is 0 Å². The van der Waals surface area contributed by atoms with Crippen LogP contribution in [0, 0.1) is 0 Å². The van der Waals surface area contributed by atoms with Gasteiger partial charge in [-0.15, -0.1) is 11.8 Å². The number of nitrogens with one attached hydrogen (secondary N) is 1.